The van der Waals surface area contributed by atoms with E-state index in [0.29, 0.717) is 45.4 Å². The Hall–Kier alpha value is -3.15. The average molecular weight is 420 g/mol. The van der Waals surface area contributed by atoms with E-state index in [1.165, 1.54) is 5.56 Å². The van der Waals surface area contributed by atoms with Crippen LogP contribution in [0.2, 0.25) is 0 Å². The van der Waals surface area contributed by atoms with Crippen molar-refractivity contribution in [1.29, 1.82) is 0 Å². The van der Waals surface area contributed by atoms with Crippen LogP contribution >= 0.6 is 0 Å². The Kier molecular flexibility index (Phi) is 6.65. The number of amides is 3. The Morgan fingerprint density at radius 2 is 1.55 bits per heavy atom. The van der Waals surface area contributed by atoms with Crippen molar-refractivity contribution in [2.75, 3.05) is 31.5 Å². The number of hydrogen-bond donors (Lipinski definition) is 1. The van der Waals surface area contributed by atoms with Crippen LogP contribution in [0.5, 0.6) is 0 Å². The number of likely N-dealkylation sites (tertiary alicyclic amines) is 2. The van der Waals surface area contributed by atoms with Gasteiger partial charge in [0.1, 0.15) is 0 Å². The van der Waals surface area contributed by atoms with Gasteiger partial charge in [-0.15, -0.1) is 0 Å². The van der Waals surface area contributed by atoms with Crippen LogP contribution in [0.1, 0.15) is 24.8 Å². The molecule has 2 aliphatic heterocycles. The van der Waals surface area contributed by atoms with E-state index in [1.54, 1.807) is 0 Å². The van der Waals surface area contributed by atoms with E-state index in [0.717, 1.165) is 12.1 Å². The molecule has 2 aromatic rings. The molecule has 2 aliphatic rings. The standard InChI is InChI=1S/C25H29N3O3/c29-23-17-21(18-28(23)14-11-19-7-3-1-4-8-19)25(31)27-15-12-20(13-16-27)24(30)26-22-9-5-2-6-10-22/h1-10,20-21H,11-18H2,(H,26,30). The molecule has 2 saturated heterocycles. The number of para-hydroxylation sites is 1. The molecule has 1 atom stereocenters. The van der Waals surface area contributed by atoms with E-state index in [4.69, 9.17) is 0 Å². The van der Waals surface area contributed by atoms with Gasteiger partial charge < -0.3 is 15.1 Å². The fourth-order valence-corrected chi connectivity index (χ4v) is 4.45. The summed E-state index contributed by atoms with van der Waals surface area (Å²) in [7, 11) is 0. The van der Waals surface area contributed by atoms with Crippen molar-refractivity contribution < 1.29 is 14.4 Å². The van der Waals surface area contributed by atoms with Gasteiger partial charge in [0.2, 0.25) is 17.7 Å². The van der Waals surface area contributed by atoms with E-state index in [9.17, 15) is 14.4 Å². The molecule has 0 spiro atoms. The SMILES string of the molecule is O=C(Nc1ccccc1)C1CCN(C(=O)C2CC(=O)N(CCc3ccccc3)C2)CC1. The summed E-state index contributed by atoms with van der Waals surface area (Å²) in [5.41, 5.74) is 1.99. The van der Waals surface area contributed by atoms with E-state index < -0.39 is 0 Å². The number of hydrogen-bond acceptors (Lipinski definition) is 3. The smallest absolute Gasteiger partial charge is 0.227 e. The highest BCUT2D eigenvalue weighted by molar-refractivity contribution is 5.93. The number of anilines is 1. The lowest BCUT2D eigenvalue weighted by Gasteiger charge is -2.33. The molecule has 1 unspecified atom stereocenters. The third kappa shape index (κ3) is 5.32. The van der Waals surface area contributed by atoms with Gasteiger partial charge in [0.25, 0.3) is 0 Å². The second kappa shape index (κ2) is 9.77. The lowest BCUT2D eigenvalue weighted by atomic mass is 9.94. The van der Waals surface area contributed by atoms with Crippen LogP contribution in [0.4, 0.5) is 5.69 Å². The van der Waals surface area contributed by atoms with Gasteiger partial charge in [-0.25, -0.2) is 0 Å². The number of benzene rings is 2. The van der Waals surface area contributed by atoms with Crippen molar-refractivity contribution in [3.05, 3.63) is 66.2 Å². The van der Waals surface area contributed by atoms with Gasteiger partial charge >= 0.3 is 0 Å². The van der Waals surface area contributed by atoms with Crippen LogP contribution in [0.15, 0.2) is 60.7 Å². The predicted octanol–water partition coefficient (Wildman–Crippen LogP) is 2.95. The Morgan fingerprint density at radius 1 is 0.903 bits per heavy atom. The molecule has 2 aromatic carbocycles. The Bertz CT molecular complexity index is 908. The van der Waals surface area contributed by atoms with Crippen molar-refractivity contribution in [2.45, 2.75) is 25.7 Å². The minimum atomic E-state index is -0.266. The van der Waals surface area contributed by atoms with Gasteiger partial charge in [-0.05, 0) is 37.0 Å². The highest BCUT2D eigenvalue weighted by Crippen LogP contribution is 2.25. The van der Waals surface area contributed by atoms with Gasteiger partial charge in [0.05, 0.1) is 5.92 Å². The first kappa shape index (κ1) is 21.1. The van der Waals surface area contributed by atoms with E-state index in [1.807, 2.05) is 58.3 Å². The van der Waals surface area contributed by atoms with Gasteiger partial charge in [0, 0.05) is 44.2 Å². The summed E-state index contributed by atoms with van der Waals surface area (Å²) in [6.45, 7) is 2.29. The average Bonchev–Trinajstić information content (AvgIpc) is 3.19. The van der Waals surface area contributed by atoms with Crippen LogP contribution < -0.4 is 5.32 Å². The predicted molar refractivity (Wildman–Crippen MR) is 119 cm³/mol. The number of rotatable bonds is 6. The molecule has 0 saturated carbocycles. The zero-order chi connectivity index (χ0) is 21.6. The first-order valence-electron chi connectivity index (χ1n) is 11.1. The number of carbonyl (C=O) groups is 3. The quantitative estimate of drug-likeness (QED) is 0.783. The molecule has 31 heavy (non-hydrogen) atoms. The zero-order valence-electron chi connectivity index (χ0n) is 17.7. The van der Waals surface area contributed by atoms with Crippen molar-refractivity contribution in [3.8, 4) is 0 Å². The van der Waals surface area contributed by atoms with Crippen LogP contribution in [-0.4, -0.2) is 53.7 Å². The summed E-state index contributed by atoms with van der Waals surface area (Å²) in [6.07, 6.45) is 2.41. The maximum atomic E-state index is 13.0. The summed E-state index contributed by atoms with van der Waals surface area (Å²) < 4.78 is 0. The Morgan fingerprint density at radius 3 is 2.23 bits per heavy atom. The van der Waals surface area contributed by atoms with Gasteiger partial charge in [-0.3, -0.25) is 14.4 Å². The summed E-state index contributed by atoms with van der Waals surface area (Å²) in [6, 6.07) is 19.5. The third-order valence-electron chi connectivity index (χ3n) is 6.30. The fourth-order valence-electron chi connectivity index (χ4n) is 4.45. The lowest BCUT2D eigenvalue weighted by Crippen LogP contribution is -2.44. The van der Waals surface area contributed by atoms with Crippen LogP contribution in [0.25, 0.3) is 0 Å². The summed E-state index contributed by atoms with van der Waals surface area (Å²) in [4.78, 5) is 41.6. The molecule has 6 heteroatoms. The van der Waals surface area contributed by atoms with E-state index in [-0.39, 0.29) is 29.6 Å². The minimum absolute atomic E-state index is 0.0152. The highest BCUT2D eigenvalue weighted by Gasteiger charge is 2.37. The van der Waals surface area contributed by atoms with Gasteiger partial charge in [-0.2, -0.15) is 0 Å². The van der Waals surface area contributed by atoms with E-state index >= 15 is 0 Å². The topological polar surface area (TPSA) is 69.7 Å². The van der Waals surface area contributed by atoms with E-state index in [2.05, 4.69) is 17.4 Å². The maximum absolute atomic E-state index is 13.0. The molecule has 2 fully saturated rings. The maximum Gasteiger partial charge on any atom is 0.227 e. The molecule has 0 aliphatic carbocycles. The third-order valence-corrected chi connectivity index (χ3v) is 6.30. The first-order chi connectivity index (χ1) is 15.1. The molecule has 162 valence electrons. The van der Waals surface area contributed by atoms with Crippen LogP contribution in [0, 0.1) is 11.8 Å². The molecule has 0 aromatic heterocycles. The fraction of sp³-hybridized carbons (Fsp3) is 0.400. The Balaban J connectivity index is 1.24. The summed E-state index contributed by atoms with van der Waals surface area (Å²) in [5, 5.41) is 2.96. The largest absolute Gasteiger partial charge is 0.342 e. The molecule has 2 heterocycles. The van der Waals surface area contributed by atoms with Crippen molar-refractivity contribution in [2.24, 2.45) is 11.8 Å². The number of carbonyl (C=O) groups excluding carboxylic acids is 3. The summed E-state index contributed by atoms with van der Waals surface area (Å²) >= 11 is 0. The molecule has 0 radical (unpaired) electrons. The number of nitrogens with zero attached hydrogens (tertiary/aromatic N) is 2. The van der Waals surface area contributed by atoms with Crippen molar-refractivity contribution in [1.82, 2.24) is 9.80 Å². The summed E-state index contributed by atoms with van der Waals surface area (Å²) in [5.74, 6) is -0.222. The van der Waals surface area contributed by atoms with Crippen molar-refractivity contribution >= 4 is 23.4 Å². The van der Waals surface area contributed by atoms with Gasteiger partial charge in [0.15, 0.2) is 0 Å². The second-order valence-corrected chi connectivity index (χ2v) is 8.43. The Labute approximate surface area is 183 Å². The zero-order valence-corrected chi connectivity index (χ0v) is 17.7. The molecular weight excluding hydrogens is 390 g/mol. The molecule has 4 rings (SSSR count). The number of nitrogens with one attached hydrogen (secondary N) is 1. The van der Waals surface area contributed by atoms with Crippen LogP contribution in [-0.2, 0) is 20.8 Å². The molecular formula is C25H29N3O3. The highest BCUT2D eigenvalue weighted by atomic mass is 16.2. The molecule has 0 bridgehead atoms. The molecule has 3 amide bonds. The second-order valence-electron chi connectivity index (χ2n) is 8.43. The van der Waals surface area contributed by atoms with Crippen molar-refractivity contribution in [3.63, 3.8) is 0 Å². The number of piperidine rings is 1. The van der Waals surface area contributed by atoms with Crippen LogP contribution in [0.3, 0.4) is 0 Å². The lowest BCUT2D eigenvalue weighted by molar-refractivity contribution is -0.138. The normalized spacial score (nSPS) is 19.5. The minimum Gasteiger partial charge on any atom is -0.342 e. The van der Waals surface area contributed by atoms with Gasteiger partial charge in [-0.1, -0.05) is 48.5 Å². The monoisotopic (exact) mass is 419 g/mol. The first-order valence-corrected chi connectivity index (χ1v) is 11.1. The molecule has 1 N–H and O–H groups in total. The molecule has 6 nitrogen and oxygen atoms in total.